The molecule has 2 saturated heterocycles. The monoisotopic (exact) mass is 349 g/mol. The lowest BCUT2D eigenvalue weighted by Gasteiger charge is -2.37. The Morgan fingerprint density at radius 1 is 1.00 bits per heavy atom. The third-order valence-corrected chi connectivity index (χ3v) is 5.72. The van der Waals surface area contributed by atoms with E-state index < -0.39 is 0 Å². The summed E-state index contributed by atoms with van der Waals surface area (Å²) in [6, 6.07) is 0. The molecule has 1 saturated carbocycles. The maximum atomic E-state index is 12.4. The summed E-state index contributed by atoms with van der Waals surface area (Å²) in [6.45, 7) is 7.32. The molecule has 6 nitrogen and oxygen atoms in total. The zero-order valence-electron chi connectivity index (χ0n) is 15.9. The van der Waals surface area contributed by atoms with E-state index in [1.54, 1.807) is 0 Å². The normalized spacial score (nSPS) is 23.0. The number of piperazine rings is 1. The molecule has 0 aromatic carbocycles. The molecule has 142 valence electrons. The summed E-state index contributed by atoms with van der Waals surface area (Å²) >= 11 is 0. The summed E-state index contributed by atoms with van der Waals surface area (Å²) in [5.74, 6) is 2.35. The standard InChI is InChI=1S/C19H35N5O/c1-20-19(21-9-5-6-17-7-8-17)24-14-12-22(13-15-24)16-18(25)23-10-3-2-4-11-23/h17H,2-16H2,1H3,(H,20,21). The lowest BCUT2D eigenvalue weighted by atomic mass is 10.1. The highest BCUT2D eigenvalue weighted by atomic mass is 16.2. The van der Waals surface area contributed by atoms with Gasteiger partial charge in [-0.1, -0.05) is 12.8 Å². The summed E-state index contributed by atoms with van der Waals surface area (Å²) in [6.07, 6.45) is 9.09. The molecule has 6 heteroatoms. The number of carbonyl (C=O) groups is 1. The van der Waals surface area contributed by atoms with E-state index in [-0.39, 0.29) is 0 Å². The van der Waals surface area contributed by atoms with Crippen molar-refractivity contribution in [1.82, 2.24) is 20.0 Å². The van der Waals surface area contributed by atoms with Crippen molar-refractivity contribution < 1.29 is 4.79 Å². The van der Waals surface area contributed by atoms with Gasteiger partial charge in [0.15, 0.2) is 5.96 Å². The van der Waals surface area contributed by atoms with Crippen molar-refractivity contribution >= 4 is 11.9 Å². The second-order valence-corrected chi connectivity index (χ2v) is 7.76. The molecule has 3 aliphatic rings. The number of hydrogen-bond acceptors (Lipinski definition) is 3. The Kier molecular flexibility index (Phi) is 6.96. The van der Waals surface area contributed by atoms with Gasteiger partial charge in [-0.05, 0) is 38.0 Å². The van der Waals surface area contributed by atoms with E-state index in [1.807, 2.05) is 7.05 Å². The van der Waals surface area contributed by atoms with Crippen molar-refractivity contribution in [3.8, 4) is 0 Å². The van der Waals surface area contributed by atoms with Crippen LogP contribution in [0.3, 0.4) is 0 Å². The van der Waals surface area contributed by atoms with Crippen LogP contribution in [-0.4, -0.2) is 86.0 Å². The first-order valence-electron chi connectivity index (χ1n) is 10.2. The van der Waals surface area contributed by atoms with Crippen LogP contribution in [0.2, 0.25) is 0 Å². The lowest BCUT2D eigenvalue weighted by Crippen LogP contribution is -2.54. The van der Waals surface area contributed by atoms with Crippen LogP contribution in [0.5, 0.6) is 0 Å². The number of guanidine groups is 1. The van der Waals surface area contributed by atoms with Gasteiger partial charge in [0, 0.05) is 52.9 Å². The van der Waals surface area contributed by atoms with Gasteiger partial charge in [-0.2, -0.15) is 0 Å². The van der Waals surface area contributed by atoms with Crippen LogP contribution in [0.25, 0.3) is 0 Å². The van der Waals surface area contributed by atoms with Gasteiger partial charge in [-0.25, -0.2) is 0 Å². The molecule has 0 aromatic heterocycles. The van der Waals surface area contributed by atoms with Crippen molar-refractivity contribution in [2.75, 3.05) is 59.4 Å². The SMILES string of the molecule is CN=C(NCCCC1CC1)N1CCN(CC(=O)N2CCCCC2)CC1. The molecule has 1 aliphatic carbocycles. The smallest absolute Gasteiger partial charge is 0.236 e. The average molecular weight is 350 g/mol. The summed E-state index contributed by atoms with van der Waals surface area (Å²) < 4.78 is 0. The Hall–Kier alpha value is -1.30. The number of nitrogens with one attached hydrogen (secondary N) is 1. The largest absolute Gasteiger partial charge is 0.356 e. The van der Waals surface area contributed by atoms with Gasteiger partial charge in [0.1, 0.15) is 0 Å². The molecule has 0 atom stereocenters. The first-order valence-corrected chi connectivity index (χ1v) is 10.2. The van der Waals surface area contributed by atoms with Crippen LogP contribution < -0.4 is 5.32 Å². The van der Waals surface area contributed by atoms with Crippen LogP contribution in [0.4, 0.5) is 0 Å². The number of nitrogens with zero attached hydrogens (tertiary/aromatic N) is 4. The Labute approximate surface area is 152 Å². The van der Waals surface area contributed by atoms with E-state index in [2.05, 4.69) is 25.0 Å². The number of amides is 1. The second kappa shape index (κ2) is 9.41. The van der Waals surface area contributed by atoms with Crippen LogP contribution in [-0.2, 0) is 4.79 Å². The van der Waals surface area contributed by atoms with Crippen molar-refractivity contribution in [1.29, 1.82) is 0 Å². The fourth-order valence-corrected chi connectivity index (χ4v) is 3.88. The summed E-state index contributed by atoms with van der Waals surface area (Å²) in [4.78, 5) is 23.5. The highest BCUT2D eigenvalue weighted by Gasteiger charge is 2.24. The summed E-state index contributed by atoms with van der Waals surface area (Å²) in [7, 11) is 1.87. The van der Waals surface area contributed by atoms with Crippen molar-refractivity contribution in [2.45, 2.75) is 44.9 Å². The molecule has 2 aliphatic heterocycles. The third-order valence-electron chi connectivity index (χ3n) is 5.72. The molecule has 0 radical (unpaired) electrons. The lowest BCUT2D eigenvalue weighted by molar-refractivity contribution is -0.133. The fraction of sp³-hybridized carbons (Fsp3) is 0.895. The van der Waals surface area contributed by atoms with Crippen molar-refractivity contribution in [2.24, 2.45) is 10.9 Å². The molecule has 0 bridgehead atoms. The molecule has 0 spiro atoms. The molecule has 25 heavy (non-hydrogen) atoms. The van der Waals surface area contributed by atoms with Gasteiger partial charge in [-0.15, -0.1) is 0 Å². The molecular formula is C19H35N5O. The number of carbonyl (C=O) groups excluding carboxylic acids is 1. The molecule has 3 fully saturated rings. The highest BCUT2D eigenvalue weighted by molar-refractivity contribution is 5.80. The maximum absolute atomic E-state index is 12.4. The summed E-state index contributed by atoms with van der Waals surface area (Å²) in [5, 5.41) is 3.51. The quantitative estimate of drug-likeness (QED) is 0.447. The van der Waals surface area contributed by atoms with Crippen LogP contribution >= 0.6 is 0 Å². The number of piperidine rings is 1. The highest BCUT2D eigenvalue weighted by Crippen LogP contribution is 2.33. The van der Waals surface area contributed by atoms with E-state index in [9.17, 15) is 4.79 Å². The molecule has 3 rings (SSSR count). The van der Waals surface area contributed by atoms with Crippen LogP contribution in [0, 0.1) is 5.92 Å². The van der Waals surface area contributed by atoms with E-state index >= 15 is 0 Å². The number of likely N-dealkylation sites (tertiary alicyclic amines) is 1. The Morgan fingerprint density at radius 3 is 2.36 bits per heavy atom. The molecule has 1 amide bonds. The van der Waals surface area contributed by atoms with E-state index in [1.165, 1.54) is 44.9 Å². The number of hydrogen-bond donors (Lipinski definition) is 1. The van der Waals surface area contributed by atoms with Gasteiger partial charge >= 0.3 is 0 Å². The van der Waals surface area contributed by atoms with Gasteiger partial charge in [0.2, 0.25) is 5.91 Å². The Bertz CT molecular complexity index is 449. The topological polar surface area (TPSA) is 51.2 Å². The maximum Gasteiger partial charge on any atom is 0.236 e. The summed E-state index contributed by atoms with van der Waals surface area (Å²) in [5.41, 5.74) is 0. The zero-order valence-corrected chi connectivity index (χ0v) is 15.9. The molecule has 2 heterocycles. The van der Waals surface area contributed by atoms with Crippen LogP contribution in [0.1, 0.15) is 44.9 Å². The molecule has 0 unspecified atom stereocenters. The molecular weight excluding hydrogens is 314 g/mol. The Balaban J connectivity index is 1.34. The fourth-order valence-electron chi connectivity index (χ4n) is 3.88. The van der Waals surface area contributed by atoms with E-state index in [4.69, 9.17) is 0 Å². The predicted octanol–water partition coefficient (Wildman–Crippen LogP) is 1.38. The van der Waals surface area contributed by atoms with Gasteiger partial charge < -0.3 is 15.1 Å². The van der Waals surface area contributed by atoms with Crippen molar-refractivity contribution in [3.05, 3.63) is 0 Å². The first-order chi connectivity index (χ1) is 12.3. The minimum Gasteiger partial charge on any atom is -0.356 e. The van der Waals surface area contributed by atoms with Gasteiger partial charge in [0.25, 0.3) is 0 Å². The molecule has 1 N–H and O–H groups in total. The van der Waals surface area contributed by atoms with Gasteiger partial charge in [0.05, 0.1) is 6.54 Å². The average Bonchev–Trinajstić information content (AvgIpc) is 3.48. The minimum atomic E-state index is 0.315. The van der Waals surface area contributed by atoms with E-state index in [0.29, 0.717) is 12.5 Å². The van der Waals surface area contributed by atoms with Crippen LogP contribution in [0.15, 0.2) is 4.99 Å². The van der Waals surface area contributed by atoms with Gasteiger partial charge in [-0.3, -0.25) is 14.7 Å². The first kappa shape index (κ1) is 18.5. The molecule has 0 aromatic rings. The third kappa shape index (κ3) is 5.87. The van der Waals surface area contributed by atoms with Crippen molar-refractivity contribution in [3.63, 3.8) is 0 Å². The number of rotatable bonds is 6. The Morgan fingerprint density at radius 2 is 1.72 bits per heavy atom. The predicted molar refractivity (Wildman–Crippen MR) is 102 cm³/mol. The zero-order chi connectivity index (χ0) is 17.5. The number of aliphatic imine (C=N–C) groups is 1. The second-order valence-electron chi connectivity index (χ2n) is 7.76. The van der Waals surface area contributed by atoms with E-state index in [0.717, 1.165) is 57.7 Å². The minimum absolute atomic E-state index is 0.315.